The fraction of sp³-hybridized carbons (Fsp3) is 0.514. The summed E-state index contributed by atoms with van der Waals surface area (Å²) < 4.78 is 77.3. The summed E-state index contributed by atoms with van der Waals surface area (Å²) in [6, 6.07) is 12.2. The lowest BCUT2D eigenvalue weighted by Gasteiger charge is -2.56. The molecule has 2 N–H and O–H groups in total. The van der Waals surface area contributed by atoms with E-state index >= 15 is 0 Å². The van der Waals surface area contributed by atoms with Gasteiger partial charge in [-0.15, -0.1) is 0 Å². The molecule has 3 aliphatic rings. The van der Waals surface area contributed by atoms with Gasteiger partial charge in [-0.2, -0.15) is 13.2 Å². The Labute approximate surface area is 279 Å². The minimum absolute atomic E-state index is 0.0351. The molecule has 0 radical (unpaired) electrons. The quantitative estimate of drug-likeness (QED) is 0.206. The van der Waals surface area contributed by atoms with Crippen LogP contribution in [0.15, 0.2) is 47.4 Å². The van der Waals surface area contributed by atoms with Crippen LogP contribution in [0.2, 0.25) is 0 Å². The molecule has 3 aromatic rings. The largest absolute Gasteiger partial charge is 0.424 e. The molecule has 1 aromatic heterocycles. The van der Waals surface area contributed by atoms with Gasteiger partial charge in [-0.1, -0.05) is 12.0 Å². The highest BCUT2D eigenvalue weighted by Crippen LogP contribution is 2.43. The van der Waals surface area contributed by atoms with E-state index in [2.05, 4.69) is 32.2 Å². The highest BCUT2D eigenvalue weighted by molar-refractivity contribution is 7.90. The number of nitrogens with one attached hydrogen (secondary N) is 2. The Morgan fingerprint density at radius 1 is 1.08 bits per heavy atom. The molecule has 2 aromatic carbocycles. The van der Waals surface area contributed by atoms with E-state index < -0.39 is 22.6 Å². The lowest BCUT2D eigenvalue weighted by Crippen LogP contribution is -2.62. The van der Waals surface area contributed by atoms with Crippen molar-refractivity contribution in [2.24, 2.45) is 5.41 Å². The third kappa shape index (κ3) is 7.86. The number of hydrogen-bond acceptors (Lipinski definition) is 7. The first-order chi connectivity index (χ1) is 22.9. The van der Waals surface area contributed by atoms with Crippen molar-refractivity contribution in [3.8, 4) is 17.6 Å². The highest BCUT2D eigenvalue weighted by Gasteiger charge is 2.46. The van der Waals surface area contributed by atoms with E-state index in [1.54, 1.807) is 18.2 Å². The van der Waals surface area contributed by atoms with E-state index in [-0.39, 0.29) is 35.7 Å². The van der Waals surface area contributed by atoms with Crippen LogP contribution in [0.25, 0.3) is 15.7 Å². The van der Waals surface area contributed by atoms with Gasteiger partial charge in [0.05, 0.1) is 28.3 Å². The van der Waals surface area contributed by atoms with Crippen molar-refractivity contribution in [3.63, 3.8) is 0 Å². The van der Waals surface area contributed by atoms with Gasteiger partial charge in [0.1, 0.15) is 6.54 Å². The number of likely N-dealkylation sites (tertiary alicyclic amines) is 1. The van der Waals surface area contributed by atoms with Crippen molar-refractivity contribution in [2.75, 3.05) is 56.5 Å². The van der Waals surface area contributed by atoms with E-state index in [1.165, 1.54) is 22.8 Å². The summed E-state index contributed by atoms with van der Waals surface area (Å²) in [7, 11) is -3.50. The summed E-state index contributed by atoms with van der Waals surface area (Å²) in [4.78, 5) is 5.82. The Morgan fingerprint density at radius 2 is 1.83 bits per heavy atom. The number of fused-ring (bicyclic) bond motifs is 1. The molecule has 3 fully saturated rings. The van der Waals surface area contributed by atoms with Crippen LogP contribution in [0.4, 0.5) is 24.5 Å². The van der Waals surface area contributed by atoms with Crippen molar-refractivity contribution in [1.82, 2.24) is 9.47 Å². The number of alkyl halides is 3. The minimum Gasteiger partial charge on any atom is -0.424 e. The van der Waals surface area contributed by atoms with Crippen LogP contribution < -0.4 is 15.4 Å². The SMILES string of the molecule is [C-]#[N+]COc1cc(S(C)(=O)=O)ccc1NCC#Cc1cc2c(NC3CCC(N4CC5(CCOCC5)C4)CC3)cccc2n1CC(F)(F)F. The molecule has 3 heterocycles. The van der Waals surface area contributed by atoms with E-state index in [1.807, 2.05) is 6.07 Å². The third-order valence-electron chi connectivity index (χ3n) is 9.74. The number of ether oxygens (including phenoxy) is 2. The first-order valence-corrected chi connectivity index (χ1v) is 18.1. The monoisotopic (exact) mass is 683 g/mol. The zero-order valence-corrected chi connectivity index (χ0v) is 27.7. The summed E-state index contributed by atoms with van der Waals surface area (Å²) >= 11 is 0. The van der Waals surface area contributed by atoms with Gasteiger partial charge in [0.15, 0.2) is 15.6 Å². The van der Waals surface area contributed by atoms with Crippen LogP contribution in [0.5, 0.6) is 5.75 Å². The molecule has 0 amide bonds. The van der Waals surface area contributed by atoms with Gasteiger partial charge in [0.2, 0.25) is 0 Å². The third-order valence-corrected chi connectivity index (χ3v) is 10.8. The maximum absolute atomic E-state index is 13.7. The van der Waals surface area contributed by atoms with E-state index in [4.69, 9.17) is 16.0 Å². The molecule has 0 atom stereocenters. The zero-order chi connectivity index (χ0) is 33.9. The van der Waals surface area contributed by atoms with Crippen LogP contribution in [-0.4, -0.2) is 82.0 Å². The molecular weight excluding hydrogens is 643 g/mol. The summed E-state index contributed by atoms with van der Waals surface area (Å²) in [5.74, 6) is 5.97. The number of nitrogens with zero attached hydrogens (tertiary/aromatic N) is 3. The van der Waals surface area contributed by atoms with Gasteiger partial charge in [-0.3, -0.25) is 9.74 Å². The van der Waals surface area contributed by atoms with Crippen LogP contribution in [0, 0.1) is 23.8 Å². The maximum atomic E-state index is 13.7. The molecule has 256 valence electrons. The number of benzene rings is 2. The molecular formula is C35H40F3N5O4S. The second-order valence-corrected chi connectivity index (χ2v) is 15.2. The Balaban J connectivity index is 1.15. The Bertz CT molecular complexity index is 1840. The minimum atomic E-state index is -4.45. The van der Waals surface area contributed by atoms with Crippen molar-refractivity contribution in [3.05, 3.63) is 59.6 Å². The summed E-state index contributed by atoms with van der Waals surface area (Å²) in [5, 5.41) is 7.36. The average Bonchev–Trinajstić information content (AvgIpc) is 3.38. The number of halogens is 3. The summed E-state index contributed by atoms with van der Waals surface area (Å²) in [6.45, 7) is 9.62. The summed E-state index contributed by atoms with van der Waals surface area (Å²) in [5.41, 5.74) is 2.35. The molecule has 48 heavy (non-hydrogen) atoms. The molecule has 2 aliphatic heterocycles. The van der Waals surface area contributed by atoms with Gasteiger partial charge in [0.25, 0.3) is 0 Å². The van der Waals surface area contributed by atoms with E-state index in [0.717, 1.165) is 76.8 Å². The lowest BCUT2D eigenvalue weighted by atomic mass is 9.71. The van der Waals surface area contributed by atoms with Crippen molar-refractivity contribution in [1.29, 1.82) is 0 Å². The first-order valence-electron chi connectivity index (χ1n) is 16.2. The van der Waals surface area contributed by atoms with Crippen LogP contribution in [0.1, 0.15) is 44.2 Å². The molecule has 1 saturated carbocycles. The smallest absolute Gasteiger partial charge is 0.406 e. The van der Waals surface area contributed by atoms with Gasteiger partial charge in [-0.25, -0.2) is 15.0 Å². The average molecular weight is 684 g/mol. The highest BCUT2D eigenvalue weighted by atomic mass is 32.2. The standard InChI is InChI=1S/C35H40F3N5O4S/c1-39-24-47-33-20-28(48(2,44)45)12-13-31(33)40-16-4-5-27-19-29-30(6-3-7-32(29)43(27)23-35(36,37)38)41-25-8-10-26(11-9-25)42-21-34(22-42)14-17-46-18-15-34/h3,6-7,12-13,19-20,25-26,40-41H,8-11,14-18,21-24H2,2H3. The molecule has 6 rings (SSSR count). The second kappa shape index (κ2) is 13.9. The van der Waals surface area contributed by atoms with Crippen LogP contribution >= 0.6 is 0 Å². The maximum Gasteiger partial charge on any atom is 0.406 e. The van der Waals surface area contributed by atoms with E-state index in [9.17, 15) is 21.6 Å². The Hall–Kier alpha value is -3.91. The molecule has 9 nitrogen and oxygen atoms in total. The molecule has 2 saturated heterocycles. The molecule has 13 heteroatoms. The number of aromatic nitrogens is 1. The topological polar surface area (TPSA) is 89.2 Å². The fourth-order valence-corrected chi connectivity index (χ4v) is 7.87. The molecule has 0 unspecified atom stereocenters. The first kappa shape index (κ1) is 34.0. The van der Waals surface area contributed by atoms with Crippen LogP contribution in [0.3, 0.4) is 0 Å². The van der Waals surface area contributed by atoms with Crippen molar-refractivity contribution >= 4 is 32.1 Å². The number of hydrogen-bond donors (Lipinski definition) is 2. The predicted octanol–water partition coefficient (Wildman–Crippen LogP) is 6.16. The predicted molar refractivity (Wildman–Crippen MR) is 179 cm³/mol. The normalized spacial score (nSPS) is 21.1. The van der Waals surface area contributed by atoms with Gasteiger partial charge in [0, 0.05) is 67.2 Å². The van der Waals surface area contributed by atoms with Crippen LogP contribution in [-0.2, 0) is 21.1 Å². The number of anilines is 2. The molecule has 0 bridgehead atoms. The molecule has 1 aliphatic carbocycles. The number of sulfone groups is 1. The Morgan fingerprint density at radius 3 is 2.52 bits per heavy atom. The zero-order valence-electron chi connectivity index (χ0n) is 26.9. The van der Waals surface area contributed by atoms with Crippen molar-refractivity contribution < 1.29 is 31.1 Å². The molecule has 1 spiro atoms. The Kier molecular flexibility index (Phi) is 9.84. The van der Waals surface area contributed by atoms with Gasteiger partial charge >= 0.3 is 12.9 Å². The number of rotatable bonds is 9. The van der Waals surface area contributed by atoms with Gasteiger partial charge in [-0.05, 0) is 74.8 Å². The van der Waals surface area contributed by atoms with E-state index in [0.29, 0.717) is 28.0 Å². The van der Waals surface area contributed by atoms with Gasteiger partial charge < -0.3 is 24.7 Å². The second-order valence-electron chi connectivity index (χ2n) is 13.2. The lowest BCUT2D eigenvalue weighted by molar-refractivity contribution is -0.140. The fourth-order valence-electron chi connectivity index (χ4n) is 7.24. The van der Waals surface area contributed by atoms with Crippen molar-refractivity contribution in [2.45, 2.75) is 68.2 Å². The summed E-state index contributed by atoms with van der Waals surface area (Å²) in [6.07, 6.45) is 3.14.